The SMILES string of the molecule is O=C(NCc1ccsc1)c1cccnc1Sc1ccc(Br)cc1. The number of halogens is 1. The molecule has 0 saturated carbocycles. The van der Waals surface area contributed by atoms with Crippen LogP contribution in [0.5, 0.6) is 0 Å². The van der Waals surface area contributed by atoms with Gasteiger partial charge in [-0.2, -0.15) is 11.3 Å². The largest absolute Gasteiger partial charge is 0.348 e. The Kier molecular flexibility index (Phi) is 5.48. The van der Waals surface area contributed by atoms with E-state index in [0.29, 0.717) is 17.1 Å². The van der Waals surface area contributed by atoms with E-state index in [1.54, 1.807) is 29.7 Å². The lowest BCUT2D eigenvalue weighted by Gasteiger charge is -2.08. The summed E-state index contributed by atoms with van der Waals surface area (Å²) in [7, 11) is 0. The van der Waals surface area contributed by atoms with Gasteiger partial charge in [-0.25, -0.2) is 4.98 Å². The Hall–Kier alpha value is -1.63. The van der Waals surface area contributed by atoms with Crippen molar-refractivity contribution in [1.82, 2.24) is 10.3 Å². The minimum absolute atomic E-state index is 0.107. The fourth-order valence-corrected chi connectivity index (χ4v) is 3.74. The molecule has 0 aliphatic heterocycles. The van der Waals surface area contributed by atoms with Crippen LogP contribution in [0.3, 0.4) is 0 Å². The molecule has 0 radical (unpaired) electrons. The Morgan fingerprint density at radius 1 is 1.22 bits per heavy atom. The Morgan fingerprint density at radius 3 is 2.78 bits per heavy atom. The second-order valence-corrected chi connectivity index (χ2v) is 7.48. The molecule has 3 nitrogen and oxygen atoms in total. The number of nitrogens with zero attached hydrogens (tertiary/aromatic N) is 1. The van der Waals surface area contributed by atoms with Crippen molar-refractivity contribution >= 4 is 44.9 Å². The van der Waals surface area contributed by atoms with Crippen molar-refractivity contribution in [3.05, 3.63) is 75.0 Å². The number of benzene rings is 1. The van der Waals surface area contributed by atoms with Gasteiger partial charge in [-0.3, -0.25) is 4.79 Å². The van der Waals surface area contributed by atoms with Gasteiger partial charge >= 0.3 is 0 Å². The summed E-state index contributed by atoms with van der Waals surface area (Å²) >= 11 is 6.53. The average Bonchev–Trinajstić information content (AvgIpc) is 3.09. The number of carbonyl (C=O) groups excluding carboxylic acids is 1. The second kappa shape index (κ2) is 7.77. The van der Waals surface area contributed by atoms with Gasteiger partial charge < -0.3 is 5.32 Å². The van der Waals surface area contributed by atoms with Gasteiger partial charge in [0.15, 0.2) is 0 Å². The van der Waals surface area contributed by atoms with Crippen molar-refractivity contribution < 1.29 is 4.79 Å². The van der Waals surface area contributed by atoms with Crippen molar-refractivity contribution in [1.29, 1.82) is 0 Å². The van der Waals surface area contributed by atoms with Gasteiger partial charge in [0, 0.05) is 22.1 Å². The fraction of sp³-hybridized carbons (Fsp3) is 0.0588. The van der Waals surface area contributed by atoms with Crippen LogP contribution in [0.15, 0.2) is 73.8 Å². The van der Waals surface area contributed by atoms with E-state index in [0.717, 1.165) is 14.9 Å². The molecule has 0 spiro atoms. The van der Waals surface area contributed by atoms with Crippen LogP contribution in [-0.4, -0.2) is 10.9 Å². The highest BCUT2D eigenvalue weighted by Crippen LogP contribution is 2.29. The maximum atomic E-state index is 12.4. The molecule has 3 rings (SSSR count). The first kappa shape index (κ1) is 16.2. The van der Waals surface area contributed by atoms with Crippen LogP contribution in [0.2, 0.25) is 0 Å². The summed E-state index contributed by atoms with van der Waals surface area (Å²) in [5.74, 6) is -0.107. The molecular weight excluding hydrogens is 392 g/mol. The average molecular weight is 405 g/mol. The first-order valence-corrected chi connectivity index (χ1v) is 9.45. The molecule has 3 aromatic rings. The van der Waals surface area contributed by atoms with Crippen molar-refractivity contribution in [3.8, 4) is 0 Å². The van der Waals surface area contributed by atoms with Gasteiger partial charge in [-0.05, 0) is 58.8 Å². The Balaban J connectivity index is 1.74. The van der Waals surface area contributed by atoms with Crippen LogP contribution in [0.1, 0.15) is 15.9 Å². The third-order valence-corrected chi connectivity index (χ3v) is 5.36. The molecule has 0 atom stereocenters. The number of carbonyl (C=O) groups is 1. The zero-order valence-electron chi connectivity index (χ0n) is 12.0. The number of pyridine rings is 1. The maximum absolute atomic E-state index is 12.4. The minimum atomic E-state index is -0.107. The number of hydrogen-bond acceptors (Lipinski definition) is 4. The standard InChI is InChI=1S/C17H13BrN2OS2/c18-13-3-5-14(6-4-13)23-17-15(2-1-8-19-17)16(21)20-10-12-7-9-22-11-12/h1-9,11H,10H2,(H,20,21). The summed E-state index contributed by atoms with van der Waals surface area (Å²) in [6.07, 6.45) is 1.71. The Morgan fingerprint density at radius 2 is 2.04 bits per heavy atom. The summed E-state index contributed by atoms with van der Waals surface area (Å²) in [4.78, 5) is 17.8. The number of aromatic nitrogens is 1. The van der Waals surface area contributed by atoms with Crippen LogP contribution in [0.4, 0.5) is 0 Å². The van der Waals surface area contributed by atoms with Gasteiger partial charge in [0.25, 0.3) is 5.91 Å². The van der Waals surface area contributed by atoms with Crippen molar-refractivity contribution in [2.75, 3.05) is 0 Å². The quantitative estimate of drug-likeness (QED) is 0.651. The predicted molar refractivity (Wildman–Crippen MR) is 98.0 cm³/mol. The fourth-order valence-electron chi connectivity index (χ4n) is 1.93. The lowest BCUT2D eigenvalue weighted by atomic mass is 10.2. The van der Waals surface area contributed by atoms with E-state index >= 15 is 0 Å². The number of thiophene rings is 1. The Labute approximate surface area is 151 Å². The molecule has 0 aliphatic rings. The van der Waals surface area contributed by atoms with Crippen LogP contribution < -0.4 is 5.32 Å². The molecule has 116 valence electrons. The van der Waals surface area contributed by atoms with Gasteiger partial charge in [0.1, 0.15) is 5.03 Å². The zero-order chi connectivity index (χ0) is 16.1. The third kappa shape index (κ3) is 4.43. The van der Waals surface area contributed by atoms with E-state index in [4.69, 9.17) is 0 Å². The van der Waals surface area contributed by atoms with Crippen molar-refractivity contribution in [2.24, 2.45) is 0 Å². The van der Waals surface area contributed by atoms with Crippen LogP contribution in [0, 0.1) is 0 Å². The first-order valence-electron chi connectivity index (χ1n) is 6.90. The smallest absolute Gasteiger partial charge is 0.254 e. The summed E-state index contributed by atoms with van der Waals surface area (Å²) < 4.78 is 1.02. The van der Waals surface area contributed by atoms with Gasteiger partial charge in [-0.1, -0.05) is 27.7 Å². The van der Waals surface area contributed by atoms with E-state index in [-0.39, 0.29) is 5.91 Å². The summed E-state index contributed by atoms with van der Waals surface area (Å²) in [5.41, 5.74) is 1.70. The normalized spacial score (nSPS) is 10.5. The molecule has 1 N–H and O–H groups in total. The molecule has 6 heteroatoms. The second-order valence-electron chi connectivity index (χ2n) is 4.73. The summed E-state index contributed by atoms with van der Waals surface area (Å²) in [5, 5.41) is 7.68. The molecule has 23 heavy (non-hydrogen) atoms. The molecular formula is C17H13BrN2OS2. The number of hydrogen-bond donors (Lipinski definition) is 1. The van der Waals surface area contributed by atoms with Crippen LogP contribution in [-0.2, 0) is 6.54 Å². The number of nitrogens with one attached hydrogen (secondary N) is 1. The maximum Gasteiger partial charge on any atom is 0.254 e. The molecule has 0 aliphatic carbocycles. The van der Waals surface area contributed by atoms with E-state index in [1.165, 1.54) is 11.8 Å². The predicted octanol–water partition coefficient (Wildman–Crippen LogP) is 4.99. The molecule has 2 aromatic heterocycles. The molecule has 0 bridgehead atoms. The molecule has 1 aromatic carbocycles. The lowest BCUT2D eigenvalue weighted by molar-refractivity contribution is 0.0947. The van der Waals surface area contributed by atoms with E-state index in [9.17, 15) is 4.79 Å². The molecule has 0 saturated heterocycles. The highest BCUT2D eigenvalue weighted by molar-refractivity contribution is 9.10. The first-order chi connectivity index (χ1) is 11.2. The van der Waals surface area contributed by atoms with E-state index in [2.05, 4.69) is 26.2 Å². The topological polar surface area (TPSA) is 42.0 Å². The molecule has 1 amide bonds. The van der Waals surface area contributed by atoms with Gasteiger partial charge in [0.2, 0.25) is 0 Å². The van der Waals surface area contributed by atoms with E-state index in [1.807, 2.05) is 41.1 Å². The molecule has 0 unspecified atom stereocenters. The highest BCUT2D eigenvalue weighted by atomic mass is 79.9. The molecule has 2 heterocycles. The summed E-state index contributed by atoms with van der Waals surface area (Å²) in [6.45, 7) is 0.527. The van der Waals surface area contributed by atoms with Crippen molar-refractivity contribution in [3.63, 3.8) is 0 Å². The monoisotopic (exact) mass is 404 g/mol. The van der Waals surface area contributed by atoms with Gasteiger partial charge in [-0.15, -0.1) is 0 Å². The molecule has 0 fully saturated rings. The Bertz CT molecular complexity index is 789. The number of rotatable bonds is 5. The highest BCUT2D eigenvalue weighted by Gasteiger charge is 2.13. The van der Waals surface area contributed by atoms with Gasteiger partial charge in [0.05, 0.1) is 5.56 Å². The van der Waals surface area contributed by atoms with E-state index < -0.39 is 0 Å². The minimum Gasteiger partial charge on any atom is -0.348 e. The summed E-state index contributed by atoms with van der Waals surface area (Å²) in [6, 6.07) is 13.5. The van der Waals surface area contributed by atoms with Crippen LogP contribution >= 0.6 is 39.0 Å². The van der Waals surface area contributed by atoms with Crippen molar-refractivity contribution in [2.45, 2.75) is 16.5 Å². The zero-order valence-corrected chi connectivity index (χ0v) is 15.2. The lowest BCUT2D eigenvalue weighted by Crippen LogP contribution is -2.23. The third-order valence-electron chi connectivity index (χ3n) is 3.08. The number of amides is 1. The van der Waals surface area contributed by atoms with Crippen LogP contribution in [0.25, 0.3) is 0 Å².